The van der Waals surface area contributed by atoms with Gasteiger partial charge in [0, 0.05) is 5.92 Å². The predicted octanol–water partition coefficient (Wildman–Crippen LogP) is 8.08. The molecule has 0 nitrogen and oxygen atoms in total. The van der Waals surface area contributed by atoms with Crippen LogP contribution in [0.3, 0.4) is 0 Å². The molecule has 23 heavy (non-hydrogen) atoms. The van der Waals surface area contributed by atoms with E-state index in [1.54, 1.807) is 0 Å². The molecule has 2 heteroatoms. The average Bonchev–Trinajstić information content (AvgIpc) is 2.62. The number of halogens is 2. The Bertz CT molecular complexity index is 605. The molecule has 2 unspecified atom stereocenters. The normalized spacial score (nSPS) is 18.7. The van der Waals surface area contributed by atoms with Crippen molar-refractivity contribution in [3.63, 3.8) is 0 Å². The minimum absolute atomic E-state index is 0.446. The van der Waals surface area contributed by atoms with E-state index in [4.69, 9.17) is 23.2 Å². The zero-order valence-electron chi connectivity index (χ0n) is 14.9. The number of benzene rings is 2. The zero-order valence-corrected chi connectivity index (χ0v) is 16.4. The van der Waals surface area contributed by atoms with Gasteiger partial charge in [-0.2, -0.15) is 0 Å². The molecule has 126 valence electrons. The van der Waals surface area contributed by atoms with Gasteiger partial charge >= 0.3 is 0 Å². The molecular formula is C21H28Cl2. The standard InChI is InChI=1S/C17H16Cl2.2C2H6/c1-11-6-8-14(15-5-3-2-4-13(11)15)12-7-9-16(18)17(19)10-12;2*1-2/h2-5,7,9-11,14H,6,8H2,1H3;2*1-2H3. The second kappa shape index (κ2) is 10.0. The molecule has 0 amide bonds. The highest BCUT2D eigenvalue weighted by atomic mass is 35.5. The molecule has 0 radical (unpaired) electrons. The van der Waals surface area contributed by atoms with Crippen molar-refractivity contribution in [2.24, 2.45) is 0 Å². The van der Waals surface area contributed by atoms with E-state index in [-0.39, 0.29) is 0 Å². The summed E-state index contributed by atoms with van der Waals surface area (Å²) in [5.74, 6) is 1.09. The third kappa shape index (κ3) is 4.75. The van der Waals surface area contributed by atoms with Crippen molar-refractivity contribution in [2.75, 3.05) is 0 Å². The monoisotopic (exact) mass is 350 g/mol. The molecule has 0 aliphatic heterocycles. The summed E-state index contributed by atoms with van der Waals surface area (Å²) in [6.45, 7) is 10.3. The van der Waals surface area contributed by atoms with E-state index in [2.05, 4.69) is 37.3 Å². The lowest BCUT2D eigenvalue weighted by atomic mass is 9.75. The highest BCUT2D eigenvalue weighted by Gasteiger charge is 2.25. The van der Waals surface area contributed by atoms with Crippen LogP contribution in [0.15, 0.2) is 42.5 Å². The number of hydrogen-bond donors (Lipinski definition) is 0. The van der Waals surface area contributed by atoms with Crippen LogP contribution in [0.25, 0.3) is 0 Å². The van der Waals surface area contributed by atoms with Crippen LogP contribution in [0, 0.1) is 0 Å². The maximum atomic E-state index is 6.16. The molecule has 0 bridgehead atoms. The van der Waals surface area contributed by atoms with Gasteiger partial charge in [-0.3, -0.25) is 0 Å². The van der Waals surface area contributed by atoms with E-state index >= 15 is 0 Å². The van der Waals surface area contributed by atoms with Gasteiger partial charge in [0.25, 0.3) is 0 Å². The molecule has 2 aromatic rings. The SMILES string of the molecule is CC.CC.CC1CCC(c2ccc(Cl)c(Cl)c2)c2ccccc21. The van der Waals surface area contributed by atoms with E-state index in [1.165, 1.54) is 29.5 Å². The third-order valence-electron chi connectivity index (χ3n) is 4.14. The fourth-order valence-electron chi connectivity index (χ4n) is 3.08. The highest BCUT2D eigenvalue weighted by Crippen LogP contribution is 2.42. The molecule has 0 N–H and O–H groups in total. The second-order valence-electron chi connectivity index (χ2n) is 5.33. The van der Waals surface area contributed by atoms with Gasteiger partial charge in [0.1, 0.15) is 0 Å². The zero-order chi connectivity index (χ0) is 17.4. The van der Waals surface area contributed by atoms with Gasteiger partial charge in [0.2, 0.25) is 0 Å². The summed E-state index contributed by atoms with van der Waals surface area (Å²) in [5.41, 5.74) is 4.19. The van der Waals surface area contributed by atoms with E-state index in [0.29, 0.717) is 21.9 Å². The first kappa shape index (κ1) is 20.1. The van der Waals surface area contributed by atoms with Crippen LogP contribution >= 0.6 is 23.2 Å². The van der Waals surface area contributed by atoms with Crippen LogP contribution in [-0.4, -0.2) is 0 Å². The Morgan fingerprint density at radius 1 is 0.783 bits per heavy atom. The molecule has 2 aromatic carbocycles. The Hall–Kier alpha value is -0.980. The summed E-state index contributed by atoms with van der Waals surface area (Å²) >= 11 is 12.2. The van der Waals surface area contributed by atoms with Crippen molar-refractivity contribution in [1.29, 1.82) is 0 Å². The third-order valence-corrected chi connectivity index (χ3v) is 4.88. The second-order valence-corrected chi connectivity index (χ2v) is 6.15. The van der Waals surface area contributed by atoms with E-state index in [0.717, 1.165) is 0 Å². The molecule has 3 rings (SSSR count). The Labute approximate surface area is 151 Å². The van der Waals surface area contributed by atoms with Gasteiger partial charge in [-0.1, -0.05) is 88.2 Å². The topological polar surface area (TPSA) is 0 Å². The number of hydrogen-bond acceptors (Lipinski definition) is 0. The van der Waals surface area contributed by atoms with Gasteiger partial charge in [0.15, 0.2) is 0 Å². The van der Waals surface area contributed by atoms with Crippen LogP contribution in [0.2, 0.25) is 10.0 Å². The Morgan fingerprint density at radius 2 is 1.39 bits per heavy atom. The molecule has 1 aliphatic rings. The maximum Gasteiger partial charge on any atom is 0.0595 e. The lowest BCUT2D eigenvalue weighted by Gasteiger charge is -2.30. The fraction of sp³-hybridized carbons (Fsp3) is 0.429. The van der Waals surface area contributed by atoms with Crippen LogP contribution in [0.5, 0.6) is 0 Å². The summed E-state index contributed by atoms with van der Waals surface area (Å²) in [7, 11) is 0. The Morgan fingerprint density at radius 3 is 2.00 bits per heavy atom. The van der Waals surface area contributed by atoms with Gasteiger partial charge in [-0.05, 0) is 47.6 Å². The summed E-state index contributed by atoms with van der Waals surface area (Å²) in [6, 6.07) is 14.8. The maximum absolute atomic E-state index is 6.16. The smallest absolute Gasteiger partial charge is 0.0595 e. The van der Waals surface area contributed by atoms with E-state index < -0.39 is 0 Å². The highest BCUT2D eigenvalue weighted by molar-refractivity contribution is 6.42. The van der Waals surface area contributed by atoms with Crippen molar-refractivity contribution in [3.05, 3.63) is 69.2 Å². The van der Waals surface area contributed by atoms with Crippen LogP contribution in [0.1, 0.15) is 76.0 Å². The summed E-state index contributed by atoms with van der Waals surface area (Å²) in [5, 5.41) is 1.28. The molecule has 2 atom stereocenters. The van der Waals surface area contributed by atoms with Gasteiger partial charge in [0.05, 0.1) is 10.0 Å². The fourth-order valence-corrected chi connectivity index (χ4v) is 3.39. The predicted molar refractivity (Wildman–Crippen MR) is 105 cm³/mol. The lowest BCUT2D eigenvalue weighted by Crippen LogP contribution is -2.13. The molecule has 0 fully saturated rings. The average molecular weight is 351 g/mol. The van der Waals surface area contributed by atoms with Crippen molar-refractivity contribution in [3.8, 4) is 0 Å². The summed E-state index contributed by atoms with van der Waals surface area (Å²) in [6.07, 6.45) is 2.40. The van der Waals surface area contributed by atoms with E-state index in [9.17, 15) is 0 Å². The molecule has 0 aromatic heterocycles. The first-order valence-corrected chi connectivity index (χ1v) is 9.46. The minimum Gasteiger partial charge on any atom is -0.0827 e. The largest absolute Gasteiger partial charge is 0.0827 e. The Kier molecular flexibility index (Phi) is 8.73. The molecular weight excluding hydrogens is 323 g/mol. The first-order chi connectivity index (χ1) is 11.2. The van der Waals surface area contributed by atoms with Crippen molar-refractivity contribution in [1.82, 2.24) is 0 Å². The molecule has 1 aliphatic carbocycles. The molecule has 0 saturated carbocycles. The first-order valence-electron chi connectivity index (χ1n) is 8.70. The van der Waals surface area contributed by atoms with Gasteiger partial charge in [-0.25, -0.2) is 0 Å². The number of fused-ring (bicyclic) bond motifs is 1. The van der Waals surface area contributed by atoms with Crippen LogP contribution in [0.4, 0.5) is 0 Å². The van der Waals surface area contributed by atoms with Gasteiger partial charge < -0.3 is 0 Å². The van der Waals surface area contributed by atoms with Gasteiger partial charge in [-0.15, -0.1) is 0 Å². The van der Waals surface area contributed by atoms with Crippen molar-refractivity contribution in [2.45, 2.75) is 59.3 Å². The number of rotatable bonds is 1. The summed E-state index contributed by atoms with van der Waals surface area (Å²) in [4.78, 5) is 0. The Balaban J connectivity index is 0.000000615. The minimum atomic E-state index is 0.446. The summed E-state index contributed by atoms with van der Waals surface area (Å²) < 4.78 is 0. The lowest BCUT2D eigenvalue weighted by molar-refractivity contribution is 0.545. The quantitative estimate of drug-likeness (QED) is 0.487. The van der Waals surface area contributed by atoms with E-state index in [1.807, 2.05) is 39.8 Å². The molecule has 0 spiro atoms. The molecule has 0 saturated heterocycles. The molecule has 0 heterocycles. The van der Waals surface area contributed by atoms with Crippen molar-refractivity contribution >= 4 is 23.2 Å². The van der Waals surface area contributed by atoms with Crippen molar-refractivity contribution < 1.29 is 0 Å². The van der Waals surface area contributed by atoms with Crippen LogP contribution in [-0.2, 0) is 0 Å². The van der Waals surface area contributed by atoms with Crippen LogP contribution < -0.4 is 0 Å².